The van der Waals surface area contributed by atoms with Gasteiger partial charge in [0.05, 0.1) is 4.58 Å². The van der Waals surface area contributed by atoms with Gasteiger partial charge in [-0.25, -0.2) is 0 Å². The molecular weight excluding hydrogens is 316 g/mol. The van der Waals surface area contributed by atoms with Crippen LogP contribution in [0, 0.1) is 0 Å². The predicted molar refractivity (Wildman–Crippen MR) is 102 cm³/mol. The highest BCUT2D eigenvalue weighted by molar-refractivity contribution is 8.19. The summed E-state index contributed by atoms with van der Waals surface area (Å²) in [6, 6.07) is 30.0. The Labute approximate surface area is 145 Å². The third-order valence-electron chi connectivity index (χ3n) is 3.81. The highest BCUT2D eigenvalue weighted by Crippen LogP contribution is 2.49. The Morgan fingerprint density at radius 2 is 1.04 bits per heavy atom. The Bertz CT molecular complexity index is 756. The van der Waals surface area contributed by atoms with Crippen LogP contribution < -0.4 is 0 Å². The molecule has 1 aliphatic rings. The van der Waals surface area contributed by atoms with Gasteiger partial charge < -0.3 is 0 Å². The monoisotopic (exact) mass is 332 g/mol. The third kappa shape index (κ3) is 3.24. The first-order chi connectivity index (χ1) is 11.4. The number of hydrogen-bond donors (Lipinski definition) is 0. The molecule has 0 saturated heterocycles. The molecule has 0 fully saturated rings. The van der Waals surface area contributed by atoms with Crippen molar-refractivity contribution in [1.29, 1.82) is 0 Å². The molecule has 112 valence electrons. The van der Waals surface area contributed by atoms with Crippen LogP contribution in [0.4, 0.5) is 0 Å². The molecule has 0 aromatic heterocycles. The topological polar surface area (TPSA) is 0 Å². The molecule has 4 rings (SSSR count). The summed E-state index contributed by atoms with van der Waals surface area (Å²) in [5, 5.41) is 0. The van der Waals surface area contributed by atoms with Crippen LogP contribution in [0.25, 0.3) is 5.57 Å². The lowest BCUT2D eigenvalue weighted by atomic mass is 9.98. The van der Waals surface area contributed by atoms with E-state index in [9.17, 15) is 0 Å². The summed E-state index contributed by atoms with van der Waals surface area (Å²) in [6.45, 7) is 0. The van der Waals surface area contributed by atoms with Crippen molar-refractivity contribution in [2.24, 2.45) is 0 Å². The molecular formula is C21H16S2. The number of benzene rings is 3. The van der Waals surface area contributed by atoms with Gasteiger partial charge in [-0.15, -0.1) is 23.5 Å². The van der Waals surface area contributed by atoms with Gasteiger partial charge in [-0.2, -0.15) is 0 Å². The number of fused-ring (bicyclic) bond motifs is 1. The van der Waals surface area contributed by atoms with Crippen molar-refractivity contribution >= 4 is 29.1 Å². The van der Waals surface area contributed by atoms with Crippen molar-refractivity contribution < 1.29 is 0 Å². The van der Waals surface area contributed by atoms with Crippen LogP contribution in [0.5, 0.6) is 0 Å². The lowest BCUT2D eigenvalue weighted by Crippen LogP contribution is -1.93. The maximum Gasteiger partial charge on any atom is 0.0786 e. The Morgan fingerprint density at radius 3 is 1.52 bits per heavy atom. The molecule has 0 aliphatic carbocycles. The summed E-state index contributed by atoms with van der Waals surface area (Å²) in [4.78, 5) is 2.78. The van der Waals surface area contributed by atoms with Crippen molar-refractivity contribution in [2.45, 2.75) is 14.4 Å². The zero-order valence-corrected chi connectivity index (χ0v) is 14.2. The Hall–Kier alpha value is -1.90. The Balaban J connectivity index is 1.72. The second-order valence-corrected chi connectivity index (χ2v) is 8.03. The third-order valence-corrected chi connectivity index (χ3v) is 6.47. The van der Waals surface area contributed by atoms with E-state index in [0.717, 1.165) is 0 Å². The average molecular weight is 332 g/mol. The average Bonchev–Trinajstić information content (AvgIpc) is 3.04. The van der Waals surface area contributed by atoms with Crippen molar-refractivity contribution in [3.8, 4) is 0 Å². The van der Waals surface area contributed by atoms with E-state index in [1.165, 1.54) is 26.5 Å². The van der Waals surface area contributed by atoms with Gasteiger partial charge >= 0.3 is 0 Å². The normalized spacial score (nSPS) is 13.6. The maximum atomic E-state index is 2.40. The van der Waals surface area contributed by atoms with Crippen molar-refractivity contribution in [3.63, 3.8) is 0 Å². The number of thioether (sulfide) groups is 2. The molecule has 0 N–H and O–H groups in total. The lowest BCUT2D eigenvalue weighted by molar-refractivity contribution is 1.27. The minimum absolute atomic E-state index is 0.419. The summed E-state index contributed by atoms with van der Waals surface area (Å²) in [5.74, 6) is 0. The minimum atomic E-state index is 0.419. The van der Waals surface area contributed by atoms with E-state index in [1.807, 2.05) is 23.5 Å². The van der Waals surface area contributed by atoms with E-state index in [4.69, 9.17) is 0 Å². The summed E-state index contributed by atoms with van der Waals surface area (Å²) in [6.07, 6.45) is 2.40. The highest BCUT2D eigenvalue weighted by atomic mass is 32.2. The molecule has 3 aromatic carbocycles. The molecule has 0 amide bonds. The van der Waals surface area contributed by atoms with E-state index in [0.29, 0.717) is 4.58 Å². The quantitative estimate of drug-likeness (QED) is 0.548. The van der Waals surface area contributed by atoms with E-state index in [-0.39, 0.29) is 0 Å². The molecule has 1 aliphatic heterocycles. The Morgan fingerprint density at radius 1 is 0.609 bits per heavy atom. The highest BCUT2D eigenvalue weighted by Gasteiger charge is 2.21. The van der Waals surface area contributed by atoms with Crippen LogP contribution in [0.3, 0.4) is 0 Å². The van der Waals surface area contributed by atoms with Gasteiger partial charge in [0, 0.05) is 9.79 Å². The Kier molecular flexibility index (Phi) is 4.27. The summed E-state index contributed by atoms with van der Waals surface area (Å²) in [7, 11) is 0. The fraction of sp³-hybridized carbons (Fsp3) is 0.0476. The minimum Gasteiger partial charge on any atom is -0.106 e. The first-order valence-electron chi connectivity index (χ1n) is 7.65. The zero-order chi connectivity index (χ0) is 15.5. The predicted octanol–water partition coefficient (Wildman–Crippen LogP) is 6.34. The first-order valence-corrected chi connectivity index (χ1v) is 9.41. The first kappa shape index (κ1) is 14.7. The molecule has 23 heavy (non-hydrogen) atoms. The number of rotatable bonds is 3. The van der Waals surface area contributed by atoms with Crippen LogP contribution in [0.2, 0.25) is 0 Å². The summed E-state index contributed by atoms with van der Waals surface area (Å²) >= 11 is 3.88. The molecule has 0 atom stereocenters. The van der Waals surface area contributed by atoms with Crippen molar-refractivity contribution in [2.75, 3.05) is 0 Å². The molecule has 0 radical (unpaired) electrons. The van der Waals surface area contributed by atoms with Gasteiger partial charge in [0.1, 0.15) is 0 Å². The van der Waals surface area contributed by atoms with Gasteiger partial charge in [-0.1, -0.05) is 78.9 Å². The molecule has 1 heterocycles. The lowest BCUT2D eigenvalue weighted by Gasteiger charge is -2.11. The van der Waals surface area contributed by atoms with Crippen molar-refractivity contribution in [1.82, 2.24) is 0 Å². The maximum absolute atomic E-state index is 2.40. The smallest absolute Gasteiger partial charge is 0.0786 e. The van der Waals surface area contributed by atoms with Gasteiger partial charge in [0.2, 0.25) is 0 Å². The van der Waals surface area contributed by atoms with Crippen LogP contribution in [0.15, 0.2) is 101 Å². The zero-order valence-electron chi connectivity index (χ0n) is 12.6. The number of hydrogen-bond acceptors (Lipinski definition) is 2. The van der Waals surface area contributed by atoms with Crippen molar-refractivity contribution in [3.05, 3.63) is 102 Å². The second-order valence-electron chi connectivity index (χ2n) is 5.36. The van der Waals surface area contributed by atoms with E-state index in [2.05, 4.69) is 91.0 Å². The van der Waals surface area contributed by atoms with E-state index < -0.39 is 0 Å². The fourth-order valence-electron chi connectivity index (χ4n) is 2.72. The second kappa shape index (κ2) is 6.69. The molecule has 2 heteroatoms. The molecule has 0 bridgehead atoms. The van der Waals surface area contributed by atoms with Gasteiger partial charge in [0.15, 0.2) is 0 Å². The molecule has 0 nitrogen and oxygen atoms in total. The fourth-order valence-corrected chi connectivity index (χ4v) is 5.41. The van der Waals surface area contributed by atoms with Crippen LogP contribution in [0.1, 0.15) is 11.1 Å². The summed E-state index contributed by atoms with van der Waals surface area (Å²) < 4.78 is 0.419. The van der Waals surface area contributed by atoms with Crippen LogP contribution in [-0.2, 0) is 0 Å². The van der Waals surface area contributed by atoms with Gasteiger partial charge in [-0.05, 0) is 28.8 Å². The molecule has 0 unspecified atom stereocenters. The van der Waals surface area contributed by atoms with E-state index >= 15 is 0 Å². The standard InChI is InChI=1S/C21H16S2/c1-3-9-16(10-4-1)18(17-11-5-2-6-12-17)15-21-22-19-13-7-8-14-20(19)23-21/h1-15,21H. The van der Waals surface area contributed by atoms with Gasteiger partial charge in [0.25, 0.3) is 0 Å². The van der Waals surface area contributed by atoms with Gasteiger partial charge in [-0.3, -0.25) is 0 Å². The SMILES string of the molecule is C(=C(c1ccccc1)c1ccccc1)C1Sc2ccccc2S1. The molecule has 0 saturated carbocycles. The van der Waals surface area contributed by atoms with Crippen LogP contribution >= 0.6 is 23.5 Å². The molecule has 3 aromatic rings. The summed E-state index contributed by atoms with van der Waals surface area (Å²) in [5.41, 5.74) is 3.86. The largest absolute Gasteiger partial charge is 0.106 e. The van der Waals surface area contributed by atoms with Crippen LogP contribution in [-0.4, -0.2) is 4.58 Å². The van der Waals surface area contributed by atoms with E-state index in [1.54, 1.807) is 0 Å². The molecule has 0 spiro atoms.